The minimum atomic E-state index is 0.512. The Labute approximate surface area is 124 Å². The Bertz CT molecular complexity index is 395. The first-order valence-corrected chi connectivity index (χ1v) is 7.50. The molecular weight excluding hydrogens is 285 g/mol. The van der Waals surface area contributed by atoms with E-state index in [4.69, 9.17) is 32.7 Å². The lowest BCUT2D eigenvalue weighted by Crippen LogP contribution is -3.10. The van der Waals surface area contributed by atoms with Gasteiger partial charge in [-0.25, -0.2) is 0 Å². The summed E-state index contributed by atoms with van der Waals surface area (Å²) in [6.07, 6.45) is 2.71. The molecule has 1 aromatic carbocycles. The van der Waals surface area contributed by atoms with Gasteiger partial charge in [-0.2, -0.15) is 0 Å². The van der Waals surface area contributed by atoms with Gasteiger partial charge in [-0.1, -0.05) is 23.2 Å². The summed E-state index contributed by atoms with van der Waals surface area (Å²) in [6, 6.07) is 5.26. The highest BCUT2D eigenvalue weighted by atomic mass is 35.5. The van der Waals surface area contributed by atoms with E-state index in [0.29, 0.717) is 23.3 Å². The molecule has 0 spiro atoms. The predicted octanol–water partition coefficient (Wildman–Crippen LogP) is 2.07. The quantitative estimate of drug-likeness (QED) is 0.779. The van der Waals surface area contributed by atoms with Gasteiger partial charge in [-0.05, 0) is 12.1 Å². The smallest absolute Gasteiger partial charge is 0.121 e. The topological polar surface area (TPSA) is 22.9 Å². The zero-order chi connectivity index (χ0) is 13.5. The molecule has 1 aromatic rings. The third kappa shape index (κ3) is 5.19. The second-order valence-corrected chi connectivity index (χ2v) is 5.56. The van der Waals surface area contributed by atoms with Crippen LogP contribution >= 0.6 is 23.2 Å². The van der Waals surface area contributed by atoms with Gasteiger partial charge in [0.2, 0.25) is 0 Å². The highest BCUT2D eigenvalue weighted by molar-refractivity contribution is 6.42. The first kappa shape index (κ1) is 14.9. The summed E-state index contributed by atoms with van der Waals surface area (Å²) in [7, 11) is 0. The van der Waals surface area contributed by atoms with Gasteiger partial charge in [0.25, 0.3) is 0 Å². The Hall–Kier alpha value is -0.480. The van der Waals surface area contributed by atoms with Crippen LogP contribution in [0, 0.1) is 0 Å². The van der Waals surface area contributed by atoms with Gasteiger partial charge >= 0.3 is 0 Å². The van der Waals surface area contributed by atoms with Gasteiger partial charge in [-0.15, -0.1) is 0 Å². The van der Waals surface area contributed by atoms with Gasteiger partial charge in [0.05, 0.1) is 36.3 Å². The summed E-state index contributed by atoms with van der Waals surface area (Å²) in [4.78, 5) is 1.66. The van der Waals surface area contributed by atoms with Crippen LogP contribution in [0.4, 0.5) is 0 Å². The summed E-state index contributed by atoms with van der Waals surface area (Å²) in [6.45, 7) is 5.64. The highest BCUT2D eigenvalue weighted by Gasteiger charge is 2.14. The van der Waals surface area contributed by atoms with Crippen molar-refractivity contribution in [2.75, 3.05) is 39.5 Å². The number of hydrogen-bond donors (Lipinski definition) is 1. The molecule has 0 aliphatic carbocycles. The highest BCUT2D eigenvalue weighted by Crippen LogP contribution is 2.26. The molecule has 1 heterocycles. The Morgan fingerprint density at radius 3 is 2.53 bits per heavy atom. The van der Waals surface area contributed by atoms with Crippen LogP contribution < -0.4 is 9.64 Å². The second-order valence-electron chi connectivity index (χ2n) is 4.74. The predicted molar refractivity (Wildman–Crippen MR) is 77.6 cm³/mol. The van der Waals surface area contributed by atoms with Crippen LogP contribution in [0.1, 0.15) is 12.8 Å². The normalized spacial score (nSPS) is 15.9. The number of nitrogens with one attached hydrogen (secondary N) is 1. The Kier molecular flexibility index (Phi) is 6.24. The second kappa shape index (κ2) is 7.95. The van der Waals surface area contributed by atoms with Crippen molar-refractivity contribution in [3.63, 3.8) is 0 Å². The molecule has 0 bridgehead atoms. The molecule has 1 fully saturated rings. The molecule has 106 valence electrons. The third-order valence-electron chi connectivity index (χ3n) is 3.30. The number of quaternary nitrogens is 1. The van der Waals surface area contributed by atoms with Crippen molar-refractivity contribution in [3.05, 3.63) is 28.2 Å². The average Bonchev–Trinajstić information content (AvgIpc) is 2.91. The average molecular weight is 305 g/mol. The van der Waals surface area contributed by atoms with Gasteiger partial charge in [0.15, 0.2) is 0 Å². The zero-order valence-corrected chi connectivity index (χ0v) is 12.5. The molecule has 5 heteroatoms. The molecule has 1 saturated heterocycles. The zero-order valence-electron chi connectivity index (χ0n) is 11.0. The van der Waals surface area contributed by atoms with E-state index in [1.807, 2.05) is 6.07 Å². The van der Waals surface area contributed by atoms with E-state index in [1.165, 1.54) is 25.9 Å². The Morgan fingerprint density at radius 2 is 1.79 bits per heavy atom. The van der Waals surface area contributed by atoms with Crippen molar-refractivity contribution in [1.82, 2.24) is 0 Å². The fourth-order valence-corrected chi connectivity index (χ4v) is 2.52. The number of likely N-dealkylation sites (tertiary alicyclic amines) is 1. The minimum Gasteiger partial charge on any atom is -0.491 e. The molecule has 2 rings (SSSR count). The van der Waals surface area contributed by atoms with E-state index >= 15 is 0 Å². The van der Waals surface area contributed by atoms with Gasteiger partial charge < -0.3 is 14.4 Å². The molecule has 0 radical (unpaired) electrons. The van der Waals surface area contributed by atoms with Gasteiger partial charge in [0.1, 0.15) is 18.9 Å². The van der Waals surface area contributed by atoms with Crippen molar-refractivity contribution >= 4 is 23.2 Å². The summed E-state index contributed by atoms with van der Waals surface area (Å²) >= 11 is 11.7. The van der Waals surface area contributed by atoms with E-state index in [-0.39, 0.29) is 0 Å². The van der Waals surface area contributed by atoms with Crippen molar-refractivity contribution in [2.24, 2.45) is 0 Å². The summed E-state index contributed by atoms with van der Waals surface area (Å²) < 4.78 is 11.1. The van der Waals surface area contributed by atoms with Crippen molar-refractivity contribution < 1.29 is 14.4 Å². The van der Waals surface area contributed by atoms with Crippen molar-refractivity contribution in [2.45, 2.75) is 12.8 Å². The standard InChI is InChI=1S/C14H19Cl2NO2/c15-13-4-3-12(11-14(13)16)19-10-9-18-8-7-17-5-1-2-6-17/h3-4,11H,1-2,5-10H2/p+1. The Balaban J connectivity index is 1.54. The van der Waals surface area contributed by atoms with Crippen molar-refractivity contribution in [1.29, 1.82) is 0 Å². The van der Waals surface area contributed by atoms with Crippen LogP contribution in [0.2, 0.25) is 10.0 Å². The maximum Gasteiger partial charge on any atom is 0.121 e. The largest absolute Gasteiger partial charge is 0.491 e. The minimum absolute atomic E-state index is 0.512. The molecule has 0 saturated carbocycles. The lowest BCUT2D eigenvalue weighted by molar-refractivity contribution is -0.887. The van der Waals surface area contributed by atoms with E-state index < -0.39 is 0 Å². The maximum absolute atomic E-state index is 5.90. The van der Waals surface area contributed by atoms with E-state index in [1.54, 1.807) is 17.0 Å². The van der Waals surface area contributed by atoms with Crippen LogP contribution in [0.25, 0.3) is 0 Å². The van der Waals surface area contributed by atoms with Crippen LogP contribution in [0.15, 0.2) is 18.2 Å². The Morgan fingerprint density at radius 1 is 1.00 bits per heavy atom. The molecule has 0 atom stereocenters. The molecule has 0 amide bonds. The lowest BCUT2D eigenvalue weighted by atomic mass is 10.3. The van der Waals surface area contributed by atoms with Crippen LogP contribution in [0.5, 0.6) is 5.75 Å². The number of benzene rings is 1. The molecule has 1 aliphatic heterocycles. The first-order chi connectivity index (χ1) is 9.25. The molecular formula is C14H20Cl2NO2+. The number of ether oxygens (including phenoxy) is 2. The third-order valence-corrected chi connectivity index (χ3v) is 4.04. The van der Waals surface area contributed by atoms with Crippen LogP contribution in [0.3, 0.4) is 0 Å². The fourth-order valence-electron chi connectivity index (χ4n) is 2.23. The monoisotopic (exact) mass is 304 g/mol. The molecule has 0 aromatic heterocycles. The number of rotatable bonds is 7. The molecule has 1 N–H and O–H groups in total. The summed E-state index contributed by atoms with van der Waals surface area (Å²) in [5, 5.41) is 1.05. The van der Waals surface area contributed by atoms with E-state index in [9.17, 15) is 0 Å². The fraction of sp³-hybridized carbons (Fsp3) is 0.571. The first-order valence-electron chi connectivity index (χ1n) is 6.75. The molecule has 0 unspecified atom stereocenters. The van der Waals surface area contributed by atoms with Crippen molar-refractivity contribution in [3.8, 4) is 5.75 Å². The molecule has 3 nitrogen and oxygen atoms in total. The van der Waals surface area contributed by atoms with E-state index in [2.05, 4.69) is 0 Å². The summed E-state index contributed by atoms with van der Waals surface area (Å²) in [5.41, 5.74) is 0. The number of halogens is 2. The van der Waals surface area contributed by atoms with Crippen LogP contribution in [-0.4, -0.2) is 39.5 Å². The lowest BCUT2D eigenvalue weighted by Gasteiger charge is -2.12. The van der Waals surface area contributed by atoms with Gasteiger partial charge in [0, 0.05) is 18.9 Å². The van der Waals surface area contributed by atoms with Crippen LogP contribution in [-0.2, 0) is 4.74 Å². The number of hydrogen-bond acceptors (Lipinski definition) is 2. The molecule has 19 heavy (non-hydrogen) atoms. The van der Waals surface area contributed by atoms with E-state index in [0.717, 1.165) is 18.9 Å². The SMILES string of the molecule is Clc1ccc(OCCOCC[NH+]2CCCC2)cc1Cl. The molecule has 1 aliphatic rings. The van der Waals surface area contributed by atoms with Gasteiger partial charge in [-0.3, -0.25) is 0 Å². The summed E-state index contributed by atoms with van der Waals surface area (Å²) in [5.74, 6) is 0.725. The maximum atomic E-state index is 5.90.